The van der Waals surface area contributed by atoms with Crippen LogP contribution in [0.15, 0.2) is 48.5 Å². The first-order valence-corrected chi connectivity index (χ1v) is 7.24. The summed E-state index contributed by atoms with van der Waals surface area (Å²) in [6.07, 6.45) is 1.11. The zero-order valence-electron chi connectivity index (χ0n) is 12.3. The lowest BCUT2D eigenvalue weighted by Gasteiger charge is -2.12. The molecule has 0 aliphatic heterocycles. The van der Waals surface area contributed by atoms with Gasteiger partial charge in [-0.15, -0.1) is 0 Å². The lowest BCUT2D eigenvalue weighted by Crippen LogP contribution is -2.14. The maximum absolute atomic E-state index is 9.10. The summed E-state index contributed by atoms with van der Waals surface area (Å²) in [5.41, 5.74) is 2.72. The Morgan fingerprint density at radius 3 is 2.52 bits per heavy atom. The molecule has 2 aromatic rings. The zero-order chi connectivity index (χ0) is 14.9. The van der Waals surface area contributed by atoms with E-state index in [1.165, 1.54) is 0 Å². The summed E-state index contributed by atoms with van der Waals surface area (Å²) >= 11 is 0. The van der Waals surface area contributed by atoms with Gasteiger partial charge in [0.1, 0.15) is 12.4 Å². The molecule has 0 unspecified atom stereocenters. The van der Waals surface area contributed by atoms with Gasteiger partial charge in [-0.05, 0) is 25.1 Å². The van der Waals surface area contributed by atoms with E-state index in [1.54, 1.807) is 0 Å². The Bertz CT molecular complexity index is 617. The van der Waals surface area contributed by atoms with Crippen LogP contribution in [0.2, 0.25) is 0 Å². The SMILES string of the molecule is CCCNCc1ccccc1OCc1ccccc1C#N. The Morgan fingerprint density at radius 1 is 1.05 bits per heavy atom. The Kier molecular flexibility index (Phi) is 5.81. The van der Waals surface area contributed by atoms with Crippen molar-refractivity contribution in [1.29, 1.82) is 5.26 Å². The minimum atomic E-state index is 0.411. The fraction of sp³-hybridized carbons (Fsp3) is 0.278. The monoisotopic (exact) mass is 280 g/mol. The Labute approximate surface area is 126 Å². The average Bonchev–Trinajstić information content (AvgIpc) is 2.54. The summed E-state index contributed by atoms with van der Waals surface area (Å²) < 4.78 is 5.91. The molecule has 0 aromatic heterocycles. The fourth-order valence-electron chi connectivity index (χ4n) is 2.10. The maximum atomic E-state index is 9.10. The normalized spacial score (nSPS) is 10.1. The van der Waals surface area contributed by atoms with Crippen molar-refractivity contribution >= 4 is 0 Å². The largest absolute Gasteiger partial charge is 0.489 e. The van der Waals surface area contributed by atoms with E-state index < -0.39 is 0 Å². The summed E-state index contributed by atoms with van der Waals surface area (Å²) in [4.78, 5) is 0. The predicted octanol–water partition coefficient (Wildman–Crippen LogP) is 3.64. The molecule has 1 N–H and O–H groups in total. The summed E-state index contributed by atoms with van der Waals surface area (Å²) in [7, 11) is 0. The summed E-state index contributed by atoms with van der Waals surface area (Å²) in [5.74, 6) is 0.869. The quantitative estimate of drug-likeness (QED) is 0.788. The fourth-order valence-corrected chi connectivity index (χ4v) is 2.10. The number of ether oxygens (including phenoxy) is 1. The molecule has 0 radical (unpaired) electrons. The number of benzene rings is 2. The molecule has 0 atom stereocenters. The lowest BCUT2D eigenvalue weighted by molar-refractivity contribution is 0.302. The van der Waals surface area contributed by atoms with Crippen molar-refractivity contribution in [2.75, 3.05) is 6.54 Å². The van der Waals surface area contributed by atoms with E-state index in [4.69, 9.17) is 10.00 Å². The van der Waals surface area contributed by atoms with Crippen molar-refractivity contribution < 1.29 is 4.74 Å². The van der Waals surface area contributed by atoms with Crippen LogP contribution in [0.5, 0.6) is 5.75 Å². The van der Waals surface area contributed by atoms with Gasteiger partial charge in [-0.2, -0.15) is 5.26 Å². The van der Waals surface area contributed by atoms with Gasteiger partial charge in [-0.3, -0.25) is 0 Å². The third kappa shape index (κ3) is 4.34. The number of nitriles is 1. The van der Waals surface area contributed by atoms with E-state index in [2.05, 4.69) is 24.4 Å². The lowest BCUT2D eigenvalue weighted by atomic mass is 10.1. The number of hydrogen-bond donors (Lipinski definition) is 1. The number of para-hydroxylation sites is 1. The van der Waals surface area contributed by atoms with Gasteiger partial charge in [0.25, 0.3) is 0 Å². The number of nitrogens with one attached hydrogen (secondary N) is 1. The van der Waals surface area contributed by atoms with Crippen LogP contribution >= 0.6 is 0 Å². The smallest absolute Gasteiger partial charge is 0.124 e. The number of rotatable bonds is 7. The third-order valence-corrected chi connectivity index (χ3v) is 3.24. The molecule has 0 aliphatic rings. The highest BCUT2D eigenvalue weighted by Gasteiger charge is 2.05. The molecular weight excluding hydrogens is 260 g/mol. The van der Waals surface area contributed by atoms with Gasteiger partial charge in [0.15, 0.2) is 0 Å². The summed E-state index contributed by atoms with van der Waals surface area (Å²) in [6.45, 7) is 4.35. The van der Waals surface area contributed by atoms with Crippen LogP contribution < -0.4 is 10.1 Å². The van der Waals surface area contributed by atoms with Crippen molar-refractivity contribution in [2.24, 2.45) is 0 Å². The van der Waals surface area contributed by atoms with E-state index in [1.807, 2.05) is 42.5 Å². The van der Waals surface area contributed by atoms with Crippen molar-refractivity contribution in [3.05, 3.63) is 65.2 Å². The van der Waals surface area contributed by atoms with Gasteiger partial charge in [0.05, 0.1) is 11.6 Å². The van der Waals surface area contributed by atoms with Crippen LogP contribution in [0.25, 0.3) is 0 Å². The third-order valence-electron chi connectivity index (χ3n) is 3.24. The molecule has 0 aliphatic carbocycles. The second kappa shape index (κ2) is 8.08. The summed E-state index contributed by atoms with van der Waals surface area (Å²) in [5, 5.41) is 12.5. The molecule has 0 heterocycles. The van der Waals surface area contributed by atoms with Crippen LogP contribution in [0, 0.1) is 11.3 Å². The van der Waals surface area contributed by atoms with Gasteiger partial charge in [0, 0.05) is 17.7 Å². The van der Waals surface area contributed by atoms with Crippen LogP contribution in [-0.2, 0) is 13.2 Å². The average molecular weight is 280 g/mol. The summed E-state index contributed by atoms with van der Waals surface area (Å²) in [6, 6.07) is 17.7. The van der Waals surface area contributed by atoms with Crippen LogP contribution in [0.1, 0.15) is 30.0 Å². The van der Waals surface area contributed by atoms with E-state index in [0.717, 1.165) is 36.4 Å². The molecule has 3 heteroatoms. The van der Waals surface area contributed by atoms with Crippen LogP contribution in [0.4, 0.5) is 0 Å². The highest BCUT2D eigenvalue weighted by atomic mass is 16.5. The minimum absolute atomic E-state index is 0.411. The first-order valence-electron chi connectivity index (χ1n) is 7.24. The standard InChI is InChI=1S/C18H20N2O/c1-2-11-20-13-16-8-5-6-10-18(16)21-14-17-9-4-3-7-15(17)12-19/h3-10,20H,2,11,13-14H2,1H3. The zero-order valence-corrected chi connectivity index (χ0v) is 12.3. The van der Waals surface area contributed by atoms with E-state index in [0.29, 0.717) is 12.2 Å². The molecule has 0 spiro atoms. The number of hydrogen-bond acceptors (Lipinski definition) is 3. The van der Waals surface area contributed by atoms with Crippen molar-refractivity contribution in [1.82, 2.24) is 5.32 Å². The molecular formula is C18H20N2O. The van der Waals surface area contributed by atoms with Crippen molar-refractivity contribution in [3.8, 4) is 11.8 Å². The van der Waals surface area contributed by atoms with Crippen LogP contribution in [0.3, 0.4) is 0 Å². The van der Waals surface area contributed by atoms with Gasteiger partial charge in [-0.1, -0.05) is 43.3 Å². The molecule has 0 bridgehead atoms. The Hall–Kier alpha value is -2.31. The molecule has 0 fully saturated rings. The topological polar surface area (TPSA) is 45.0 Å². The van der Waals surface area contributed by atoms with Crippen molar-refractivity contribution in [3.63, 3.8) is 0 Å². The Balaban J connectivity index is 2.04. The molecule has 21 heavy (non-hydrogen) atoms. The van der Waals surface area contributed by atoms with Crippen molar-refractivity contribution in [2.45, 2.75) is 26.5 Å². The van der Waals surface area contributed by atoms with E-state index >= 15 is 0 Å². The second-order valence-electron chi connectivity index (χ2n) is 4.84. The van der Waals surface area contributed by atoms with Crippen LogP contribution in [-0.4, -0.2) is 6.54 Å². The number of nitrogens with zero attached hydrogens (tertiary/aromatic N) is 1. The molecule has 2 aromatic carbocycles. The highest BCUT2D eigenvalue weighted by molar-refractivity contribution is 5.38. The molecule has 0 saturated carbocycles. The first kappa shape index (κ1) is 15.1. The highest BCUT2D eigenvalue weighted by Crippen LogP contribution is 2.20. The molecule has 2 rings (SSSR count). The molecule has 108 valence electrons. The maximum Gasteiger partial charge on any atom is 0.124 e. The molecule has 0 amide bonds. The second-order valence-corrected chi connectivity index (χ2v) is 4.84. The van der Waals surface area contributed by atoms with Gasteiger partial charge < -0.3 is 10.1 Å². The Morgan fingerprint density at radius 2 is 1.76 bits per heavy atom. The molecule has 3 nitrogen and oxygen atoms in total. The van der Waals surface area contributed by atoms with E-state index in [9.17, 15) is 0 Å². The van der Waals surface area contributed by atoms with E-state index in [-0.39, 0.29) is 0 Å². The first-order chi connectivity index (χ1) is 10.3. The van der Waals surface area contributed by atoms with Gasteiger partial charge in [-0.25, -0.2) is 0 Å². The van der Waals surface area contributed by atoms with Gasteiger partial charge in [0.2, 0.25) is 0 Å². The molecule has 0 saturated heterocycles. The van der Waals surface area contributed by atoms with Gasteiger partial charge >= 0.3 is 0 Å². The predicted molar refractivity (Wildman–Crippen MR) is 83.9 cm³/mol. The minimum Gasteiger partial charge on any atom is -0.489 e.